The van der Waals surface area contributed by atoms with Crippen LogP contribution in [0.1, 0.15) is 94.6 Å². The second-order valence-corrected chi connectivity index (χ2v) is 13.0. The van der Waals surface area contributed by atoms with Gasteiger partial charge in [0.1, 0.15) is 5.92 Å². The van der Waals surface area contributed by atoms with Gasteiger partial charge in [-0.2, -0.15) is 0 Å². The van der Waals surface area contributed by atoms with Crippen LogP contribution in [-0.4, -0.2) is 51.8 Å². The first-order chi connectivity index (χ1) is 23.0. The fourth-order valence-corrected chi connectivity index (χ4v) is 7.67. The lowest BCUT2D eigenvalue weighted by Crippen LogP contribution is -2.25. The lowest BCUT2D eigenvalue weighted by Gasteiger charge is -2.21. The summed E-state index contributed by atoms with van der Waals surface area (Å²) in [6.45, 7) is 16.8. The van der Waals surface area contributed by atoms with E-state index >= 15 is 0 Å². The molecule has 3 aromatic heterocycles. The number of aromatic nitrogens is 3. The van der Waals surface area contributed by atoms with Crippen LogP contribution >= 0.6 is 0 Å². The third-order valence-corrected chi connectivity index (χ3v) is 10.4. The second-order valence-electron chi connectivity index (χ2n) is 13.0. The van der Waals surface area contributed by atoms with E-state index in [4.69, 9.17) is 9.47 Å². The maximum Gasteiger partial charge on any atom is 0.321 e. The van der Waals surface area contributed by atoms with Crippen LogP contribution in [0, 0.1) is 38.5 Å². The Hall–Kier alpha value is -4.60. The molecule has 0 aromatic carbocycles. The van der Waals surface area contributed by atoms with Gasteiger partial charge in [0, 0.05) is 67.7 Å². The summed E-state index contributed by atoms with van der Waals surface area (Å²) < 4.78 is 10.9. The van der Waals surface area contributed by atoms with Gasteiger partial charge >= 0.3 is 5.97 Å². The zero-order valence-corrected chi connectivity index (χ0v) is 28.9. The van der Waals surface area contributed by atoms with Crippen molar-refractivity contribution < 1.29 is 24.2 Å². The van der Waals surface area contributed by atoms with Crippen LogP contribution in [-0.2, 0) is 20.7 Å². The van der Waals surface area contributed by atoms with E-state index in [9.17, 15) is 14.7 Å². The molecule has 1 saturated heterocycles. The molecule has 8 bridgehead atoms. The van der Waals surface area contributed by atoms with E-state index in [2.05, 4.69) is 72.8 Å². The van der Waals surface area contributed by atoms with Crippen molar-refractivity contribution in [1.29, 1.82) is 0 Å². The Balaban J connectivity index is 1.64. The Morgan fingerprint density at radius 1 is 1.04 bits per heavy atom. The van der Waals surface area contributed by atoms with Crippen LogP contribution in [0.2, 0.25) is 0 Å². The molecule has 5 heterocycles. The number of hydrogen-bond acceptors (Lipinski definition) is 6. The Bertz CT molecular complexity index is 2030. The smallest absolute Gasteiger partial charge is 0.321 e. The number of fused-ring (bicyclic) bond motifs is 7. The van der Waals surface area contributed by atoms with Gasteiger partial charge in [-0.3, -0.25) is 9.59 Å². The first-order valence-electron chi connectivity index (χ1n) is 16.8. The quantitative estimate of drug-likeness (QED) is 0.0953. The topological polar surface area (TPSA) is 132 Å². The molecule has 9 nitrogen and oxygen atoms in total. The van der Waals surface area contributed by atoms with Gasteiger partial charge in [-0.15, -0.1) is 0 Å². The molecule has 0 spiro atoms. The summed E-state index contributed by atoms with van der Waals surface area (Å²) in [7, 11) is 1.32. The predicted molar refractivity (Wildman–Crippen MR) is 189 cm³/mol. The number of carbonyl (C=O) groups excluding carboxylic acids is 2. The molecule has 252 valence electrons. The van der Waals surface area contributed by atoms with E-state index in [1.165, 1.54) is 12.7 Å². The molecule has 9 heteroatoms. The molecule has 1 unspecified atom stereocenters. The fraction of sp³-hybridized carbons (Fsp3) is 0.385. The molecule has 1 fully saturated rings. The monoisotopic (exact) mass is 650 g/mol. The molecule has 2 aliphatic heterocycles. The van der Waals surface area contributed by atoms with Crippen molar-refractivity contribution in [2.45, 2.75) is 67.1 Å². The number of allylic oxidation sites excluding steroid dienone is 3. The minimum absolute atomic E-state index is 0.0346. The van der Waals surface area contributed by atoms with Crippen LogP contribution in [0.5, 0.6) is 0 Å². The Kier molecular flexibility index (Phi) is 9.11. The highest BCUT2D eigenvalue weighted by atomic mass is 16.6. The second kappa shape index (κ2) is 13.1. The van der Waals surface area contributed by atoms with Gasteiger partial charge in [0.2, 0.25) is 0 Å². The van der Waals surface area contributed by atoms with Crippen LogP contribution in [0.3, 0.4) is 0 Å². The number of ether oxygens (including phenoxy) is 2. The molecule has 6 rings (SSSR count). The van der Waals surface area contributed by atoms with E-state index in [1.54, 1.807) is 0 Å². The average Bonchev–Trinajstić information content (AvgIpc) is 3.80. The minimum atomic E-state index is -1.11. The van der Waals surface area contributed by atoms with Crippen molar-refractivity contribution in [1.82, 2.24) is 20.3 Å². The lowest BCUT2D eigenvalue weighted by molar-refractivity contribution is -0.141. The Morgan fingerprint density at radius 2 is 1.77 bits per heavy atom. The van der Waals surface area contributed by atoms with Gasteiger partial charge in [-0.25, -0.2) is 0 Å². The summed E-state index contributed by atoms with van der Waals surface area (Å²) >= 11 is 0. The van der Waals surface area contributed by atoms with Crippen molar-refractivity contribution in [3.8, 4) is 0 Å². The maximum absolute atomic E-state index is 14.2. The number of aliphatic hydroxyl groups is 1. The SMILES string of the molecule is C=Cc1c2[nH]c(c1C)/C=C1\N/C(=C3\c4[nH]c(c(C)c4C(=O)[C@@H]3C(=O)OC)/C=c3\[nH]/c(c(C)c3CC)=C\2)[C@@H](CCC(O)OC/C=C\C)[C@@H]1C. The number of rotatable bonds is 9. The molecular weight excluding hydrogens is 604 g/mol. The molecule has 5 N–H and O–H groups in total. The number of aromatic amines is 3. The number of ketones is 1. The van der Waals surface area contributed by atoms with Crippen molar-refractivity contribution in [3.05, 3.63) is 97.0 Å². The van der Waals surface area contributed by atoms with Crippen LogP contribution in [0.15, 0.2) is 30.1 Å². The summed E-state index contributed by atoms with van der Waals surface area (Å²) in [4.78, 5) is 38.4. The fourth-order valence-electron chi connectivity index (χ4n) is 7.67. The first-order valence-corrected chi connectivity index (χ1v) is 16.8. The molecular formula is C39H46N4O5. The van der Waals surface area contributed by atoms with E-state index in [-0.39, 0.29) is 17.6 Å². The average molecular weight is 651 g/mol. The Labute approximate surface area is 281 Å². The highest BCUT2D eigenvalue weighted by molar-refractivity contribution is 6.24. The summed E-state index contributed by atoms with van der Waals surface area (Å²) in [5, 5.41) is 16.4. The molecule has 3 aromatic rings. The zero-order chi connectivity index (χ0) is 34.4. The van der Waals surface area contributed by atoms with Gasteiger partial charge < -0.3 is 34.8 Å². The highest BCUT2D eigenvalue weighted by Gasteiger charge is 2.48. The minimum Gasteiger partial charge on any atom is -0.468 e. The summed E-state index contributed by atoms with van der Waals surface area (Å²) in [5.41, 5.74) is 11.4. The van der Waals surface area contributed by atoms with Crippen LogP contribution < -0.4 is 16.0 Å². The number of carbonyl (C=O) groups is 2. The number of Topliss-reactive ketones (excluding diaryl/α,β-unsaturated/α-hetero) is 1. The highest BCUT2D eigenvalue weighted by Crippen LogP contribution is 2.48. The molecule has 0 amide bonds. The number of esters is 1. The van der Waals surface area contributed by atoms with Crippen LogP contribution in [0.4, 0.5) is 0 Å². The van der Waals surface area contributed by atoms with E-state index in [1.807, 2.05) is 32.1 Å². The lowest BCUT2D eigenvalue weighted by atomic mass is 9.85. The first kappa shape index (κ1) is 33.3. The summed E-state index contributed by atoms with van der Waals surface area (Å²) in [6.07, 6.45) is 12.7. The Morgan fingerprint density at radius 3 is 2.46 bits per heavy atom. The van der Waals surface area contributed by atoms with E-state index < -0.39 is 18.2 Å². The number of aliphatic hydroxyl groups excluding tert-OH is 1. The third-order valence-electron chi connectivity index (χ3n) is 10.4. The van der Waals surface area contributed by atoms with Gasteiger partial charge in [-0.05, 0) is 87.4 Å². The van der Waals surface area contributed by atoms with Crippen molar-refractivity contribution in [2.24, 2.45) is 17.8 Å². The molecule has 0 radical (unpaired) electrons. The van der Waals surface area contributed by atoms with Crippen molar-refractivity contribution in [2.75, 3.05) is 13.7 Å². The van der Waals surface area contributed by atoms with E-state index in [0.717, 1.165) is 67.8 Å². The van der Waals surface area contributed by atoms with Gasteiger partial charge in [0.05, 0.1) is 19.4 Å². The summed E-state index contributed by atoms with van der Waals surface area (Å²) in [5.74, 6) is -2.17. The normalized spacial score (nSPS) is 24.5. The molecule has 1 aliphatic carbocycles. The molecule has 3 aliphatic rings. The van der Waals surface area contributed by atoms with Gasteiger partial charge in [0.25, 0.3) is 0 Å². The van der Waals surface area contributed by atoms with Gasteiger partial charge in [0.15, 0.2) is 12.1 Å². The van der Waals surface area contributed by atoms with Gasteiger partial charge in [-0.1, -0.05) is 38.7 Å². The number of hydrogen-bond donors (Lipinski definition) is 5. The van der Waals surface area contributed by atoms with Crippen LogP contribution in [0.25, 0.3) is 29.9 Å². The van der Waals surface area contributed by atoms with Crippen molar-refractivity contribution >= 4 is 41.6 Å². The third kappa shape index (κ3) is 5.44. The summed E-state index contributed by atoms with van der Waals surface area (Å²) in [6, 6.07) is 0. The zero-order valence-electron chi connectivity index (χ0n) is 28.9. The molecule has 0 saturated carbocycles. The predicted octanol–water partition coefficient (Wildman–Crippen LogP) is 5.06. The van der Waals surface area contributed by atoms with E-state index in [0.29, 0.717) is 36.3 Å². The maximum atomic E-state index is 14.2. The molecule has 4 atom stereocenters. The number of methoxy groups -OCH3 is 1. The standard InChI is InChI=1S/C39H46N4O5/c1-9-12-15-48-32(44)14-13-25-21(6)28-16-26-19(4)23(10-2)30(40-26)17-27-20(5)24(11-3)31(41-27)18-29-22(7)33-37(43-29)34(36(25)42-28)35(38(33)45)39(46)47-8/h9-10,12,16-18,21,25,32,35,40-44H,2,11,13-15H2,1,3-8H3/b12-9-,27-17-,28-16-,31-18-,36-34-/t21-,25-,32?,35+/m0/s1. The largest absolute Gasteiger partial charge is 0.468 e. The number of nitrogens with one attached hydrogen (secondary N) is 4. The van der Waals surface area contributed by atoms with Crippen molar-refractivity contribution in [3.63, 3.8) is 0 Å². The number of H-pyrrole nitrogens is 3. The molecule has 48 heavy (non-hydrogen) atoms.